The molecule has 0 radical (unpaired) electrons. The minimum Gasteiger partial charge on any atom is -0.494 e. The lowest BCUT2D eigenvalue weighted by atomic mass is 9.92. The molecule has 3 aliphatic rings. The van der Waals surface area contributed by atoms with Crippen LogP contribution in [0.3, 0.4) is 0 Å². The van der Waals surface area contributed by atoms with Crippen LogP contribution in [0.25, 0.3) is 11.1 Å². The number of nitrogens with zero attached hydrogens (tertiary/aromatic N) is 3. The number of carbonyl (C=O) groups is 2. The summed E-state index contributed by atoms with van der Waals surface area (Å²) in [5.74, 6) is 0.587. The Balaban J connectivity index is 1.17. The number of aromatic nitrogens is 1. The van der Waals surface area contributed by atoms with E-state index >= 15 is 0 Å². The highest BCUT2D eigenvalue weighted by atomic mass is 19.1. The van der Waals surface area contributed by atoms with Gasteiger partial charge in [0.1, 0.15) is 11.6 Å². The van der Waals surface area contributed by atoms with Gasteiger partial charge in [-0.2, -0.15) is 0 Å². The summed E-state index contributed by atoms with van der Waals surface area (Å²) in [5, 5.41) is 0. The van der Waals surface area contributed by atoms with Crippen molar-refractivity contribution in [1.29, 1.82) is 0 Å². The number of aryl methyl sites for hydroxylation is 1. The van der Waals surface area contributed by atoms with Crippen LogP contribution in [-0.4, -0.2) is 66.1 Å². The van der Waals surface area contributed by atoms with E-state index in [1.807, 2.05) is 36.9 Å². The summed E-state index contributed by atoms with van der Waals surface area (Å²) in [7, 11) is 1.36. The van der Waals surface area contributed by atoms with E-state index in [-0.39, 0.29) is 17.8 Å². The first kappa shape index (κ1) is 30.3. The Hall–Kier alpha value is -3.78. The smallest absolute Gasteiger partial charge is 0.339 e. The van der Waals surface area contributed by atoms with Crippen LogP contribution >= 0.6 is 0 Å². The third-order valence-electron chi connectivity index (χ3n) is 9.26. The van der Waals surface area contributed by atoms with Crippen LogP contribution in [-0.2, 0) is 24.1 Å². The fraction of sp³-hybridized carbons (Fsp3) is 0.472. The molecule has 1 saturated carbocycles. The van der Waals surface area contributed by atoms with Crippen molar-refractivity contribution in [3.8, 4) is 16.9 Å². The summed E-state index contributed by atoms with van der Waals surface area (Å²) in [6.45, 7) is 7.69. The standard InChI is InChI=1S/C36H42FN3O4/c1-4-8-32-30(36(42)43-3)20-29-33(38-32)15-18-40(35(29)41)25-13-16-39(17-14-25)22-24-19-27(23-11-12-23)28(21-34(24)44-5-2)26-9-6-7-10-31(26)37/h6-7,9-10,19-21,23,25H,4-5,8,11-18,22H2,1-3H3. The lowest BCUT2D eigenvalue weighted by Crippen LogP contribution is -2.50. The van der Waals surface area contributed by atoms with Gasteiger partial charge in [0.25, 0.3) is 5.91 Å². The Morgan fingerprint density at radius 2 is 1.77 bits per heavy atom. The minimum absolute atomic E-state index is 0.0400. The van der Waals surface area contributed by atoms with Crippen molar-refractivity contribution in [3.63, 3.8) is 0 Å². The van der Waals surface area contributed by atoms with E-state index < -0.39 is 5.97 Å². The Kier molecular flexibility index (Phi) is 8.98. The topological polar surface area (TPSA) is 72.0 Å². The molecule has 6 rings (SSSR count). The number of fused-ring (bicyclic) bond motifs is 1. The second kappa shape index (κ2) is 13.1. The van der Waals surface area contributed by atoms with Crippen LogP contribution in [0.15, 0.2) is 42.5 Å². The summed E-state index contributed by atoms with van der Waals surface area (Å²) < 4.78 is 26.0. The van der Waals surface area contributed by atoms with Gasteiger partial charge in [-0.15, -0.1) is 0 Å². The van der Waals surface area contributed by atoms with Gasteiger partial charge in [0.05, 0.1) is 36.2 Å². The first-order valence-electron chi connectivity index (χ1n) is 16.1. The van der Waals surface area contributed by atoms with E-state index in [9.17, 15) is 14.0 Å². The van der Waals surface area contributed by atoms with E-state index in [1.165, 1.54) is 18.7 Å². The minimum atomic E-state index is -0.444. The summed E-state index contributed by atoms with van der Waals surface area (Å²) in [6.07, 6.45) is 6.23. The van der Waals surface area contributed by atoms with E-state index in [0.717, 1.165) is 74.3 Å². The van der Waals surface area contributed by atoms with Gasteiger partial charge in [-0.25, -0.2) is 9.18 Å². The molecular formula is C36H42FN3O4. The van der Waals surface area contributed by atoms with Gasteiger partial charge < -0.3 is 14.4 Å². The normalized spacial score (nSPS) is 17.5. The molecule has 3 heterocycles. The van der Waals surface area contributed by atoms with Crippen LogP contribution in [0.1, 0.15) is 95.1 Å². The summed E-state index contributed by atoms with van der Waals surface area (Å²) >= 11 is 0. The zero-order valence-corrected chi connectivity index (χ0v) is 26.0. The van der Waals surface area contributed by atoms with Crippen molar-refractivity contribution < 1.29 is 23.5 Å². The number of halogens is 1. The molecule has 0 N–H and O–H groups in total. The van der Waals surface area contributed by atoms with Gasteiger partial charge in [0.15, 0.2) is 0 Å². The molecule has 0 atom stereocenters. The molecule has 1 amide bonds. The zero-order valence-electron chi connectivity index (χ0n) is 26.0. The average Bonchev–Trinajstić information content (AvgIpc) is 3.88. The molecule has 0 unspecified atom stereocenters. The predicted molar refractivity (Wildman–Crippen MR) is 168 cm³/mol. The van der Waals surface area contributed by atoms with Gasteiger partial charge in [-0.1, -0.05) is 31.5 Å². The molecule has 1 aliphatic carbocycles. The molecule has 3 aromatic rings. The number of hydrogen-bond donors (Lipinski definition) is 0. The maximum atomic E-state index is 14.8. The Morgan fingerprint density at radius 1 is 1.00 bits per heavy atom. The van der Waals surface area contributed by atoms with Crippen LogP contribution < -0.4 is 4.74 Å². The highest BCUT2D eigenvalue weighted by Crippen LogP contribution is 2.47. The fourth-order valence-corrected chi connectivity index (χ4v) is 6.85. The maximum absolute atomic E-state index is 14.8. The van der Waals surface area contributed by atoms with Crippen molar-refractivity contribution >= 4 is 11.9 Å². The number of methoxy groups -OCH3 is 1. The highest BCUT2D eigenvalue weighted by molar-refractivity contribution is 6.00. The molecule has 232 valence electrons. The van der Waals surface area contributed by atoms with Gasteiger partial charge >= 0.3 is 5.97 Å². The van der Waals surface area contributed by atoms with E-state index in [1.54, 1.807) is 12.1 Å². The van der Waals surface area contributed by atoms with Gasteiger partial charge in [-0.05, 0) is 80.3 Å². The molecule has 8 heteroatoms. The third kappa shape index (κ3) is 6.09. The number of amides is 1. The highest BCUT2D eigenvalue weighted by Gasteiger charge is 2.35. The van der Waals surface area contributed by atoms with Crippen LogP contribution in [0.4, 0.5) is 4.39 Å². The summed E-state index contributed by atoms with van der Waals surface area (Å²) in [4.78, 5) is 35.4. The molecule has 0 bridgehead atoms. The number of likely N-dealkylation sites (tertiary alicyclic amines) is 1. The molecule has 1 aromatic heterocycles. The van der Waals surface area contributed by atoms with Crippen LogP contribution in [0.5, 0.6) is 5.75 Å². The molecule has 44 heavy (non-hydrogen) atoms. The molecule has 7 nitrogen and oxygen atoms in total. The Labute approximate surface area is 259 Å². The molecule has 1 saturated heterocycles. The van der Waals surface area contributed by atoms with Crippen LogP contribution in [0, 0.1) is 5.82 Å². The molecular weight excluding hydrogens is 557 g/mol. The van der Waals surface area contributed by atoms with Gasteiger partial charge in [0, 0.05) is 49.8 Å². The van der Waals surface area contributed by atoms with Crippen molar-refractivity contribution in [2.45, 2.75) is 77.3 Å². The van der Waals surface area contributed by atoms with Gasteiger partial charge in [-0.3, -0.25) is 14.7 Å². The molecule has 2 fully saturated rings. The fourth-order valence-electron chi connectivity index (χ4n) is 6.85. The lowest BCUT2D eigenvalue weighted by molar-refractivity contribution is 0.0542. The predicted octanol–water partition coefficient (Wildman–Crippen LogP) is 6.57. The molecule has 2 aromatic carbocycles. The van der Waals surface area contributed by atoms with Crippen molar-refractivity contribution in [3.05, 3.63) is 81.9 Å². The largest absolute Gasteiger partial charge is 0.494 e. The lowest BCUT2D eigenvalue weighted by Gasteiger charge is -2.40. The second-order valence-electron chi connectivity index (χ2n) is 12.2. The van der Waals surface area contributed by atoms with Crippen molar-refractivity contribution in [1.82, 2.24) is 14.8 Å². The average molecular weight is 600 g/mol. The van der Waals surface area contributed by atoms with Crippen molar-refractivity contribution in [2.24, 2.45) is 0 Å². The quantitative estimate of drug-likeness (QED) is 0.246. The van der Waals surface area contributed by atoms with E-state index in [0.29, 0.717) is 54.3 Å². The number of piperidine rings is 1. The SMILES string of the molecule is CCCc1nc2c(cc1C(=O)OC)C(=O)N(C1CCN(Cc3cc(C4CC4)c(-c4ccccc4F)cc3OCC)CC1)CC2. The monoisotopic (exact) mass is 599 g/mol. The summed E-state index contributed by atoms with van der Waals surface area (Å²) in [5.41, 5.74) is 6.35. The number of rotatable bonds is 10. The first-order chi connectivity index (χ1) is 21.4. The Bertz CT molecular complexity index is 1540. The number of esters is 1. The van der Waals surface area contributed by atoms with Gasteiger partial charge in [0.2, 0.25) is 0 Å². The molecule has 2 aliphatic heterocycles. The molecule has 0 spiro atoms. The number of ether oxygens (including phenoxy) is 2. The van der Waals surface area contributed by atoms with E-state index in [4.69, 9.17) is 14.5 Å². The maximum Gasteiger partial charge on any atom is 0.339 e. The third-order valence-corrected chi connectivity index (χ3v) is 9.26. The first-order valence-corrected chi connectivity index (χ1v) is 16.1. The second-order valence-corrected chi connectivity index (χ2v) is 12.2. The number of pyridine rings is 1. The zero-order chi connectivity index (χ0) is 30.8. The summed E-state index contributed by atoms with van der Waals surface area (Å²) in [6, 6.07) is 13.1. The number of hydrogen-bond acceptors (Lipinski definition) is 6. The van der Waals surface area contributed by atoms with Crippen molar-refractivity contribution in [2.75, 3.05) is 33.4 Å². The van der Waals surface area contributed by atoms with E-state index in [2.05, 4.69) is 11.0 Å². The number of carbonyl (C=O) groups excluding carboxylic acids is 2. The number of benzene rings is 2. The van der Waals surface area contributed by atoms with Crippen LogP contribution in [0.2, 0.25) is 0 Å². The Morgan fingerprint density at radius 3 is 2.45 bits per heavy atom.